The number of aryl methyl sites for hydroxylation is 1. The third kappa shape index (κ3) is 3.52. The molecule has 0 fully saturated rings. The van der Waals surface area contributed by atoms with E-state index >= 15 is 0 Å². The molecule has 2 rings (SSSR count). The van der Waals surface area contributed by atoms with Crippen molar-refractivity contribution in [2.45, 2.75) is 18.4 Å². The quantitative estimate of drug-likeness (QED) is 0.891. The minimum atomic E-state index is -3.49. The number of nitrogens with one attached hydrogen (secondary N) is 1. The average molecular weight is 323 g/mol. The predicted octanol–water partition coefficient (Wildman–Crippen LogP) is 1.16. The van der Waals surface area contributed by atoms with Gasteiger partial charge in [-0.1, -0.05) is 5.16 Å². The van der Waals surface area contributed by atoms with E-state index in [-0.39, 0.29) is 17.3 Å². The van der Waals surface area contributed by atoms with Crippen molar-refractivity contribution in [3.05, 3.63) is 47.3 Å². The lowest BCUT2D eigenvalue weighted by atomic mass is 10.2. The van der Waals surface area contributed by atoms with Crippen LogP contribution < -0.4 is 5.32 Å². The zero-order valence-electron chi connectivity index (χ0n) is 12.5. The summed E-state index contributed by atoms with van der Waals surface area (Å²) in [6.45, 7) is 2.01. The fourth-order valence-corrected chi connectivity index (χ4v) is 2.66. The maximum Gasteiger partial charge on any atom is 0.251 e. The van der Waals surface area contributed by atoms with Crippen LogP contribution in [0.1, 0.15) is 21.8 Å². The molecule has 0 aliphatic carbocycles. The lowest BCUT2D eigenvalue weighted by molar-refractivity contribution is 0.0950. The van der Waals surface area contributed by atoms with Gasteiger partial charge in [0, 0.05) is 25.7 Å². The second-order valence-electron chi connectivity index (χ2n) is 4.92. The van der Waals surface area contributed by atoms with E-state index in [9.17, 15) is 13.2 Å². The van der Waals surface area contributed by atoms with Crippen LogP contribution in [-0.2, 0) is 16.6 Å². The summed E-state index contributed by atoms with van der Waals surface area (Å²) in [6.07, 6.45) is 0. The van der Waals surface area contributed by atoms with Crippen molar-refractivity contribution in [2.75, 3.05) is 14.1 Å². The summed E-state index contributed by atoms with van der Waals surface area (Å²) in [5, 5.41) is 6.46. The molecule has 1 N–H and O–H groups in total. The third-order valence-corrected chi connectivity index (χ3v) is 4.83. The molecule has 1 aromatic carbocycles. The topological polar surface area (TPSA) is 92.5 Å². The van der Waals surface area contributed by atoms with Crippen molar-refractivity contribution < 1.29 is 17.7 Å². The molecular formula is C14H17N3O4S. The van der Waals surface area contributed by atoms with Gasteiger partial charge in [0.1, 0.15) is 11.5 Å². The summed E-state index contributed by atoms with van der Waals surface area (Å²) in [5.41, 5.74) is 0.996. The zero-order chi connectivity index (χ0) is 16.3. The minimum Gasteiger partial charge on any atom is -0.361 e. The summed E-state index contributed by atoms with van der Waals surface area (Å²) < 4.78 is 29.9. The molecule has 2 aromatic rings. The Morgan fingerprint density at radius 2 is 1.91 bits per heavy atom. The van der Waals surface area contributed by atoms with Crippen LogP contribution in [0.2, 0.25) is 0 Å². The van der Waals surface area contributed by atoms with Gasteiger partial charge in [-0.25, -0.2) is 12.7 Å². The number of sulfonamides is 1. The van der Waals surface area contributed by atoms with Gasteiger partial charge in [-0.15, -0.1) is 0 Å². The molecule has 0 atom stereocenters. The van der Waals surface area contributed by atoms with Crippen LogP contribution in [0.4, 0.5) is 0 Å². The molecule has 0 radical (unpaired) electrons. The van der Waals surface area contributed by atoms with E-state index in [1.54, 1.807) is 13.0 Å². The van der Waals surface area contributed by atoms with Crippen molar-refractivity contribution in [2.24, 2.45) is 0 Å². The molecule has 0 saturated carbocycles. The second kappa shape index (κ2) is 6.29. The highest BCUT2D eigenvalue weighted by molar-refractivity contribution is 7.89. The van der Waals surface area contributed by atoms with Gasteiger partial charge in [-0.05, 0) is 31.2 Å². The summed E-state index contributed by atoms with van der Waals surface area (Å²) >= 11 is 0. The summed E-state index contributed by atoms with van der Waals surface area (Å²) in [4.78, 5) is 12.1. The Morgan fingerprint density at radius 3 is 2.41 bits per heavy atom. The number of amides is 1. The number of hydrogen-bond acceptors (Lipinski definition) is 5. The van der Waals surface area contributed by atoms with E-state index in [1.165, 1.54) is 38.4 Å². The lowest BCUT2D eigenvalue weighted by Crippen LogP contribution is -2.24. The van der Waals surface area contributed by atoms with Crippen LogP contribution in [0.25, 0.3) is 0 Å². The third-order valence-electron chi connectivity index (χ3n) is 3.00. The highest BCUT2D eigenvalue weighted by Gasteiger charge is 2.17. The molecule has 0 aliphatic rings. The van der Waals surface area contributed by atoms with Crippen molar-refractivity contribution in [1.82, 2.24) is 14.8 Å². The fourth-order valence-electron chi connectivity index (χ4n) is 1.76. The Morgan fingerprint density at radius 1 is 1.27 bits per heavy atom. The van der Waals surface area contributed by atoms with Gasteiger partial charge in [0.15, 0.2) is 0 Å². The molecule has 1 amide bonds. The number of hydrogen-bond donors (Lipinski definition) is 1. The van der Waals surface area contributed by atoms with Crippen LogP contribution in [0.15, 0.2) is 39.8 Å². The number of carbonyl (C=O) groups is 1. The molecule has 0 aliphatic heterocycles. The molecule has 0 bridgehead atoms. The highest BCUT2D eigenvalue weighted by atomic mass is 32.2. The SMILES string of the molecule is Cc1cc(CNC(=O)c2ccc(S(=O)(=O)N(C)C)cc2)no1. The van der Waals surface area contributed by atoms with Crippen molar-refractivity contribution in [3.63, 3.8) is 0 Å². The van der Waals surface area contributed by atoms with E-state index in [0.29, 0.717) is 17.0 Å². The molecule has 0 unspecified atom stereocenters. The smallest absolute Gasteiger partial charge is 0.251 e. The molecule has 0 saturated heterocycles. The number of carbonyl (C=O) groups excluding carboxylic acids is 1. The first-order chi connectivity index (χ1) is 10.3. The van der Waals surface area contributed by atoms with E-state index in [4.69, 9.17) is 4.52 Å². The Hall–Kier alpha value is -2.19. The highest BCUT2D eigenvalue weighted by Crippen LogP contribution is 2.14. The number of nitrogens with zero attached hydrogens (tertiary/aromatic N) is 2. The van der Waals surface area contributed by atoms with Crippen LogP contribution in [-0.4, -0.2) is 37.9 Å². The molecule has 1 aromatic heterocycles. The molecule has 22 heavy (non-hydrogen) atoms. The first-order valence-corrected chi connectivity index (χ1v) is 7.97. The van der Waals surface area contributed by atoms with E-state index in [2.05, 4.69) is 10.5 Å². The van der Waals surface area contributed by atoms with Crippen LogP contribution in [0.5, 0.6) is 0 Å². The molecule has 8 heteroatoms. The number of aromatic nitrogens is 1. The summed E-state index contributed by atoms with van der Waals surface area (Å²) in [7, 11) is -0.584. The molecule has 1 heterocycles. The van der Waals surface area contributed by atoms with Gasteiger partial charge in [-0.2, -0.15) is 0 Å². The predicted molar refractivity (Wildman–Crippen MR) is 79.7 cm³/mol. The standard InChI is InChI=1S/C14H17N3O4S/c1-10-8-12(16-21-10)9-15-14(18)11-4-6-13(7-5-11)22(19,20)17(2)3/h4-8H,9H2,1-3H3,(H,15,18). The maximum absolute atomic E-state index is 12.0. The van der Waals surface area contributed by atoms with Crippen LogP contribution >= 0.6 is 0 Å². The Labute approximate surface area is 129 Å². The maximum atomic E-state index is 12.0. The van der Waals surface area contributed by atoms with Gasteiger partial charge in [0.05, 0.1) is 11.4 Å². The Bertz CT molecular complexity index is 764. The average Bonchev–Trinajstić information content (AvgIpc) is 2.90. The van der Waals surface area contributed by atoms with Crippen molar-refractivity contribution >= 4 is 15.9 Å². The largest absolute Gasteiger partial charge is 0.361 e. The van der Waals surface area contributed by atoms with Gasteiger partial charge in [-0.3, -0.25) is 4.79 Å². The van der Waals surface area contributed by atoms with E-state index < -0.39 is 10.0 Å². The zero-order valence-corrected chi connectivity index (χ0v) is 13.3. The van der Waals surface area contributed by atoms with Crippen LogP contribution in [0.3, 0.4) is 0 Å². The van der Waals surface area contributed by atoms with Gasteiger partial charge < -0.3 is 9.84 Å². The number of benzene rings is 1. The first kappa shape index (κ1) is 16.2. The first-order valence-electron chi connectivity index (χ1n) is 6.53. The van der Waals surface area contributed by atoms with E-state index in [1.807, 2.05) is 0 Å². The van der Waals surface area contributed by atoms with Crippen LogP contribution in [0, 0.1) is 6.92 Å². The minimum absolute atomic E-state index is 0.140. The fraction of sp³-hybridized carbons (Fsp3) is 0.286. The summed E-state index contributed by atoms with van der Waals surface area (Å²) in [5.74, 6) is 0.358. The number of rotatable bonds is 5. The molecule has 0 spiro atoms. The monoisotopic (exact) mass is 323 g/mol. The Balaban J connectivity index is 2.05. The molecule has 118 valence electrons. The van der Waals surface area contributed by atoms with E-state index in [0.717, 1.165) is 4.31 Å². The second-order valence-corrected chi connectivity index (χ2v) is 7.08. The van der Waals surface area contributed by atoms with Gasteiger partial charge in [0.25, 0.3) is 5.91 Å². The van der Waals surface area contributed by atoms with Crippen molar-refractivity contribution in [1.29, 1.82) is 0 Å². The Kier molecular flexibility index (Phi) is 4.62. The molecular weight excluding hydrogens is 306 g/mol. The lowest BCUT2D eigenvalue weighted by Gasteiger charge is -2.11. The van der Waals surface area contributed by atoms with Gasteiger partial charge in [0.2, 0.25) is 10.0 Å². The molecule has 7 nitrogen and oxygen atoms in total. The van der Waals surface area contributed by atoms with Gasteiger partial charge >= 0.3 is 0 Å². The summed E-state index contributed by atoms with van der Waals surface area (Å²) in [6, 6.07) is 7.49. The normalized spacial score (nSPS) is 11.6. The van der Waals surface area contributed by atoms with Crippen molar-refractivity contribution in [3.8, 4) is 0 Å².